The van der Waals surface area contributed by atoms with E-state index in [9.17, 15) is 0 Å². The number of fused-ring (bicyclic) bond motifs is 1. The van der Waals surface area contributed by atoms with Crippen molar-refractivity contribution in [2.45, 2.75) is 38.3 Å². The molecule has 1 aliphatic carbocycles. The molecule has 3 nitrogen and oxygen atoms in total. The second-order valence-electron chi connectivity index (χ2n) is 4.62. The molecule has 1 aliphatic rings. The molecule has 1 heterocycles. The highest BCUT2D eigenvalue weighted by atomic mass is 14.9. The summed E-state index contributed by atoms with van der Waals surface area (Å²) in [5.74, 6) is 0. The van der Waals surface area contributed by atoms with Crippen LogP contribution in [0.4, 0.5) is 0 Å². The predicted molar refractivity (Wildman–Crippen MR) is 65.2 cm³/mol. The predicted octanol–water partition coefficient (Wildman–Crippen LogP) is 2.60. The summed E-state index contributed by atoms with van der Waals surface area (Å²) in [6.07, 6.45) is 7.20. The topological polar surface area (TPSA) is 40.7 Å². The van der Waals surface area contributed by atoms with Crippen molar-refractivity contribution in [1.29, 1.82) is 0 Å². The second kappa shape index (κ2) is 4.26. The summed E-state index contributed by atoms with van der Waals surface area (Å²) in [5, 5.41) is 3.62. The Labute approximate surface area is 95.3 Å². The van der Waals surface area contributed by atoms with Crippen LogP contribution in [-0.2, 0) is 6.54 Å². The highest BCUT2D eigenvalue weighted by molar-refractivity contribution is 5.74. The van der Waals surface area contributed by atoms with E-state index in [1.54, 1.807) is 6.33 Å². The Bertz CT molecular complexity index is 469. The third-order valence-electron chi connectivity index (χ3n) is 3.43. The lowest BCUT2D eigenvalue weighted by Crippen LogP contribution is -2.25. The first-order chi connectivity index (χ1) is 7.92. The highest BCUT2D eigenvalue weighted by Gasteiger charge is 2.13. The molecular formula is C13H17N3. The minimum atomic E-state index is 0.734. The third kappa shape index (κ3) is 1.95. The standard InChI is InChI=1S/C13H17N3/c1-2-4-11(3-1)14-8-10-5-6-12-13(7-10)16-9-15-12/h5-7,9,11,14H,1-4,8H2,(H,15,16). The Morgan fingerprint density at radius 1 is 1.31 bits per heavy atom. The van der Waals surface area contributed by atoms with Gasteiger partial charge in [0.2, 0.25) is 0 Å². The normalized spacial score (nSPS) is 17.2. The average molecular weight is 215 g/mol. The highest BCUT2D eigenvalue weighted by Crippen LogP contribution is 2.18. The second-order valence-corrected chi connectivity index (χ2v) is 4.62. The number of nitrogens with one attached hydrogen (secondary N) is 2. The smallest absolute Gasteiger partial charge is 0.0931 e. The molecule has 0 unspecified atom stereocenters. The number of benzene rings is 1. The van der Waals surface area contributed by atoms with Gasteiger partial charge in [-0.2, -0.15) is 0 Å². The van der Waals surface area contributed by atoms with E-state index in [0.717, 1.165) is 23.6 Å². The van der Waals surface area contributed by atoms with Crippen molar-refractivity contribution < 1.29 is 0 Å². The number of imidazole rings is 1. The van der Waals surface area contributed by atoms with Gasteiger partial charge in [-0.05, 0) is 30.5 Å². The van der Waals surface area contributed by atoms with Crippen LogP contribution in [0.2, 0.25) is 0 Å². The Hall–Kier alpha value is -1.35. The van der Waals surface area contributed by atoms with Crippen molar-refractivity contribution in [2.75, 3.05) is 0 Å². The van der Waals surface area contributed by atoms with Crippen LogP contribution in [0.15, 0.2) is 24.5 Å². The van der Waals surface area contributed by atoms with E-state index in [0.29, 0.717) is 0 Å². The molecule has 0 bridgehead atoms. The molecule has 1 aromatic heterocycles. The van der Waals surface area contributed by atoms with Crippen molar-refractivity contribution in [1.82, 2.24) is 15.3 Å². The third-order valence-corrected chi connectivity index (χ3v) is 3.43. The van der Waals surface area contributed by atoms with Gasteiger partial charge in [0.05, 0.1) is 17.4 Å². The van der Waals surface area contributed by atoms with Crippen LogP contribution < -0.4 is 5.32 Å². The minimum absolute atomic E-state index is 0.734. The number of nitrogens with zero attached hydrogens (tertiary/aromatic N) is 1. The zero-order chi connectivity index (χ0) is 10.8. The van der Waals surface area contributed by atoms with Crippen LogP contribution in [-0.4, -0.2) is 16.0 Å². The number of H-pyrrole nitrogens is 1. The summed E-state index contributed by atoms with van der Waals surface area (Å²) in [6, 6.07) is 7.16. The first-order valence-electron chi connectivity index (χ1n) is 6.07. The van der Waals surface area contributed by atoms with Crippen LogP contribution in [0.1, 0.15) is 31.2 Å². The number of hydrogen-bond donors (Lipinski definition) is 2. The van der Waals surface area contributed by atoms with Crippen molar-refractivity contribution in [3.63, 3.8) is 0 Å². The van der Waals surface area contributed by atoms with E-state index in [-0.39, 0.29) is 0 Å². The first kappa shape index (κ1) is 9.85. The van der Waals surface area contributed by atoms with Gasteiger partial charge in [-0.25, -0.2) is 4.98 Å². The molecule has 2 aromatic rings. The van der Waals surface area contributed by atoms with E-state index in [1.165, 1.54) is 31.2 Å². The molecule has 0 saturated heterocycles. The van der Waals surface area contributed by atoms with Gasteiger partial charge in [-0.3, -0.25) is 0 Å². The van der Waals surface area contributed by atoms with Crippen LogP contribution >= 0.6 is 0 Å². The van der Waals surface area contributed by atoms with Crippen molar-refractivity contribution in [3.05, 3.63) is 30.1 Å². The van der Waals surface area contributed by atoms with E-state index in [4.69, 9.17) is 0 Å². The number of hydrogen-bond acceptors (Lipinski definition) is 2. The van der Waals surface area contributed by atoms with E-state index in [2.05, 4.69) is 33.5 Å². The lowest BCUT2D eigenvalue weighted by molar-refractivity contribution is 0.524. The maximum Gasteiger partial charge on any atom is 0.0931 e. The molecule has 0 radical (unpaired) electrons. The van der Waals surface area contributed by atoms with E-state index >= 15 is 0 Å². The fraction of sp³-hybridized carbons (Fsp3) is 0.462. The maximum atomic E-state index is 4.22. The molecule has 0 amide bonds. The molecule has 1 aromatic carbocycles. The van der Waals surface area contributed by atoms with Gasteiger partial charge in [0, 0.05) is 12.6 Å². The van der Waals surface area contributed by atoms with Gasteiger partial charge in [0.15, 0.2) is 0 Å². The molecule has 84 valence electrons. The quantitative estimate of drug-likeness (QED) is 0.826. The maximum absolute atomic E-state index is 4.22. The van der Waals surface area contributed by atoms with Gasteiger partial charge in [0.25, 0.3) is 0 Å². The molecule has 3 rings (SSSR count). The Morgan fingerprint density at radius 2 is 2.19 bits per heavy atom. The van der Waals surface area contributed by atoms with Crippen LogP contribution in [0.25, 0.3) is 11.0 Å². The number of aromatic amines is 1. The van der Waals surface area contributed by atoms with Gasteiger partial charge in [-0.15, -0.1) is 0 Å². The van der Waals surface area contributed by atoms with Crippen LogP contribution in [0, 0.1) is 0 Å². The zero-order valence-corrected chi connectivity index (χ0v) is 9.37. The lowest BCUT2D eigenvalue weighted by atomic mass is 10.2. The van der Waals surface area contributed by atoms with Crippen LogP contribution in [0.5, 0.6) is 0 Å². The molecule has 0 atom stereocenters. The van der Waals surface area contributed by atoms with Gasteiger partial charge < -0.3 is 10.3 Å². The summed E-state index contributed by atoms with van der Waals surface area (Å²) in [5.41, 5.74) is 3.51. The molecule has 0 aliphatic heterocycles. The minimum Gasteiger partial charge on any atom is -0.345 e. The summed E-state index contributed by atoms with van der Waals surface area (Å²) >= 11 is 0. The monoisotopic (exact) mass is 215 g/mol. The molecular weight excluding hydrogens is 198 g/mol. The molecule has 2 N–H and O–H groups in total. The summed E-state index contributed by atoms with van der Waals surface area (Å²) in [7, 11) is 0. The first-order valence-corrected chi connectivity index (χ1v) is 6.07. The fourth-order valence-corrected chi connectivity index (χ4v) is 2.48. The van der Waals surface area contributed by atoms with E-state index in [1.807, 2.05) is 0 Å². The lowest BCUT2D eigenvalue weighted by Gasteiger charge is -2.11. The molecule has 3 heteroatoms. The number of rotatable bonds is 3. The summed E-state index contributed by atoms with van der Waals surface area (Å²) in [6.45, 7) is 0.972. The molecule has 1 saturated carbocycles. The SMILES string of the molecule is c1nc2ccc(CNC3CCCC3)cc2[nH]1. The zero-order valence-electron chi connectivity index (χ0n) is 9.37. The summed E-state index contributed by atoms with van der Waals surface area (Å²) in [4.78, 5) is 7.37. The Balaban J connectivity index is 1.68. The van der Waals surface area contributed by atoms with Gasteiger partial charge in [-0.1, -0.05) is 18.9 Å². The van der Waals surface area contributed by atoms with Crippen molar-refractivity contribution in [3.8, 4) is 0 Å². The van der Waals surface area contributed by atoms with Crippen molar-refractivity contribution >= 4 is 11.0 Å². The van der Waals surface area contributed by atoms with Crippen LogP contribution in [0.3, 0.4) is 0 Å². The van der Waals surface area contributed by atoms with Crippen molar-refractivity contribution in [2.24, 2.45) is 0 Å². The van der Waals surface area contributed by atoms with E-state index < -0.39 is 0 Å². The Morgan fingerprint density at radius 3 is 3.06 bits per heavy atom. The average Bonchev–Trinajstić information content (AvgIpc) is 2.97. The largest absolute Gasteiger partial charge is 0.345 e. The molecule has 0 spiro atoms. The van der Waals surface area contributed by atoms with Gasteiger partial charge >= 0.3 is 0 Å². The Kier molecular flexibility index (Phi) is 2.62. The molecule has 1 fully saturated rings. The number of aromatic nitrogens is 2. The molecule has 16 heavy (non-hydrogen) atoms. The van der Waals surface area contributed by atoms with Gasteiger partial charge in [0.1, 0.15) is 0 Å². The fourth-order valence-electron chi connectivity index (χ4n) is 2.48. The summed E-state index contributed by atoms with van der Waals surface area (Å²) < 4.78 is 0.